The van der Waals surface area contributed by atoms with Crippen molar-refractivity contribution in [2.24, 2.45) is 0 Å². The molecule has 0 aromatic heterocycles. The predicted molar refractivity (Wildman–Crippen MR) is 57.5 cm³/mol. The summed E-state index contributed by atoms with van der Waals surface area (Å²) in [6, 6.07) is 0.988. The van der Waals surface area contributed by atoms with Crippen LogP contribution < -0.4 is 5.32 Å². The van der Waals surface area contributed by atoms with Gasteiger partial charge in [0.1, 0.15) is 0 Å². The van der Waals surface area contributed by atoms with Gasteiger partial charge in [-0.05, 0) is 18.6 Å². The van der Waals surface area contributed by atoms with Gasteiger partial charge in [0.15, 0.2) is 5.75 Å². The molecule has 17 heavy (non-hydrogen) atoms. The van der Waals surface area contributed by atoms with Gasteiger partial charge in [-0.3, -0.25) is 4.79 Å². The number of carbonyl (C=O) groups excluding carboxylic acids is 1. The molecular weight excluding hydrogens is 282 g/mol. The zero-order chi connectivity index (χ0) is 13.4. The molecule has 0 fully saturated rings. The molecule has 0 saturated carbocycles. The lowest BCUT2D eigenvalue weighted by molar-refractivity contribution is -0.167. The summed E-state index contributed by atoms with van der Waals surface area (Å²) in [5, 5.41) is 10.7. The van der Waals surface area contributed by atoms with E-state index in [1.54, 1.807) is 0 Å². The number of nitrogens with one attached hydrogen (secondary N) is 1. The molecular formula is C9H6Cl2F3NO2. The minimum absolute atomic E-state index is 0.0327. The van der Waals surface area contributed by atoms with E-state index in [9.17, 15) is 23.1 Å². The Kier molecular flexibility index (Phi) is 3.78. The molecule has 0 aliphatic rings. The standard InChI is InChI=1S/C9H6Cl2F3NO2/c1-3-4(10)2-5(7(16)6(3)11)15-8(17)9(12,13)14/h2,16H,1H3,(H,15,17). The minimum atomic E-state index is -5.06. The van der Waals surface area contributed by atoms with Crippen molar-refractivity contribution in [2.45, 2.75) is 13.1 Å². The van der Waals surface area contributed by atoms with Crippen LogP contribution in [-0.4, -0.2) is 17.2 Å². The number of rotatable bonds is 1. The zero-order valence-corrected chi connectivity index (χ0v) is 9.83. The van der Waals surface area contributed by atoms with E-state index in [4.69, 9.17) is 23.2 Å². The van der Waals surface area contributed by atoms with Gasteiger partial charge in [-0.15, -0.1) is 0 Å². The van der Waals surface area contributed by atoms with Crippen LogP contribution in [0.4, 0.5) is 18.9 Å². The first-order chi connectivity index (χ1) is 7.64. The molecule has 0 unspecified atom stereocenters. The number of aromatic hydroxyl groups is 1. The Morgan fingerprint density at radius 2 is 1.94 bits per heavy atom. The number of alkyl halides is 3. The number of hydrogen-bond donors (Lipinski definition) is 2. The van der Waals surface area contributed by atoms with E-state index in [0.29, 0.717) is 5.56 Å². The maximum Gasteiger partial charge on any atom is 0.471 e. The van der Waals surface area contributed by atoms with Crippen molar-refractivity contribution in [3.8, 4) is 5.75 Å². The van der Waals surface area contributed by atoms with Gasteiger partial charge in [-0.1, -0.05) is 23.2 Å². The monoisotopic (exact) mass is 287 g/mol. The predicted octanol–water partition coefficient (Wildman–Crippen LogP) is 3.51. The topological polar surface area (TPSA) is 49.3 Å². The van der Waals surface area contributed by atoms with E-state index in [1.165, 1.54) is 12.2 Å². The highest BCUT2D eigenvalue weighted by atomic mass is 35.5. The number of hydrogen-bond acceptors (Lipinski definition) is 2. The van der Waals surface area contributed by atoms with Crippen LogP contribution in [0, 0.1) is 6.92 Å². The third kappa shape index (κ3) is 2.95. The Labute approximate surface area is 104 Å². The van der Waals surface area contributed by atoms with Crippen molar-refractivity contribution in [1.82, 2.24) is 0 Å². The summed E-state index contributed by atoms with van der Waals surface area (Å²) >= 11 is 11.3. The summed E-state index contributed by atoms with van der Waals surface area (Å²) in [6.07, 6.45) is -5.06. The van der Waals surface area contributed by atoms with Crippen LogP contribution in [-0.2, 0) is 4.79 Å². The number of phenols is 1. The molecule has 2 N–H and O–H groups in total. The van der Waals surface area contributed by atoms with E-state index in [0.717, 1.165) is 6.07 Å². The quantitative estimate of drug-likeness (QED) is 0.777. The third-order valence-electron chi connectivity index (χ3n) is 1.93. The fourth-order valence-electron chi connectivity index (χ4n) is 0.992. The largest absolute Gasteiger partial charge is 0.504 e. The zero-order valence-electron chi connectivity index (χ0n) is 8.32. The molecule has 1 amide bonds. The summed E-state index contributed by atoms with van der Waals surface area (Å²) in [5.74, 6) is -2.88. The molecule has 0 radical (unpaired) electrons. The first kappa shape index (κ1) is 13.9. The van der Waals surface area contributed by atoms with Crippen molar-refractivity contribution in [3.63, 3.8) is 0 Å². The second-order valence-electron chi connectivity index (χ2n) is 3.15. The molecule has 0 heterocycles. The van der Waals surface area contributed by atoms with Crippen molar-refractivity contribution in [1.29, 1.82) is 0 Å². The lowest BCUT2D eigenvalue weighted by Crippen LogP contribution is -2.30. The van der Waals surface area contributed by atoms with Crippen LogP contribution in [0.3, 0.4) is 0 Å². The Hall–Kier alpha value is -1.14. The lowest BCUT2D eigenvalue weighted by atomic mass is 10.2. The molecule has 0 bridgehead atoms. The van der Waals surface area contributed by atoms with E-state index in [-0.39, 0.29) is 10.0 Å². The maximum absolute atomic E-state index is 12.0. The number of amides is 1. The highest BCUT2D eigenvalue weighted by Crippen LogP contribution is 2.39. The van der Waals surface area contributed by atoms with Gasteiger partial charge in [0, 0.05) is 5.02 Å². The number of carbonyl (C=O) groups is 1. The van der Waals surface area contributed by atoms with Gasteiger partial charge in [0.05, 0.1) is 10.7 Å². The van der Waals surface area contributed by atoms with Crippen molar-refractivity contribution >= 4 is 34.8 Å². The third-order valence-corrected chi connectivity index (χ3v) is 2.78. The van der Waals surface area contributed by atoms with Gasteiger partial charge in [-0.25, -0.2) is 0 Å². The normalized spacial score (nSPS) is 11.4. The summed E-state index contributed by atoms with van der Waals surface area (Å²) < 4.78 is 36.0. The number of halogens is 5. The molecule has 0 atom stereocenters. The number of anilines is 1. The summed E-state index contributed by atoms with van der Waals surface area (Å²) in [7, 11) is 0. The number of phenolic OH excluding ortho intramolecular Hbond substituents is 1. The Morgan fingerprint density at radius 1 is 1.41 bits per heavy atom. The fourth-order valence-corrected chi connectivity index (χ4v) is 1.45. The van der Waals surface area contributed by atoms with Crippen LogP contribution in [0.2, 0.25) is 10.0 Å². The van der Waals surface area contributed by atoms with Crippen LogP contribution in [0.1, 0.15) is 5.56 Å². The van der Waals surface area contributed by atoms with Gasteiger partial charge < -0.3 is 10.4 Å². The van der Waals surface area contributed by atoms with Crippen LogP contribution in [0.25, 0.3) is 0 Å². The first-order valence-corrected chi connectivity index (χ1v) is 4.96. The lowest BCUT2D eigenvalue weighted by Gasteiger charge is -2.12. The van der Waals surface area contributed by atoms with Crippen LogP contribution in [0.15, 0.2) is 6.07 Å². The highest BCUT2D eigenvalue weighted by Gasteiger charge is 2.39. The van der Waals surface area contributed by atoms with Crippen LogP contribution in [0.5, 0.6) is 5.75 Å². The molecule has 0 aliphatic heterocycles. The first-order valence-electron chi connectivity index (χ1n) is 4.20. The molecule has 94 valence electrons. The second-order valence-corrected chi connectivity index (χ2v) is 3.93. The molecule has 1 rings (SSSR count). The molecule has 3 nitrogen and oxygen atoms in total. The smallest absolute Gasteiger partial charge is 0.471 e. The van der Waals surface area contributed by atoms with Crippen molar-refractivity contribution in [2.75, 3.05) is 5.32 Å². The summed E-state index contributed by atoms with van der Waals surface area (Å²) in [4.78, 5) is 10.7. The SMILES string of the molecule is Cc1c(Cl)cc(NC(=O)C(F)(F)F)c(O)c1Cl. The molecule has 0 spiro atoms. The second kappa shape index (κ2) is 4.62. The van der Waals surface area contributed by atoms with E-state index < -0.39 is 23.5 Å². The fraction of sp³-hybridized carbons (Fsp3) is 0.222. The summed E-state index contributed by atoms with van der Waals surface area (Å²) in [5.41, 5.74) is -0.191. The maximum atomic E-state index is 12.0. The van der Waals surface area contributed by atoms with E-state index in [1.807, 2.05) is 0 Å². The van der Waals surface area contributed by atoms with Crippen molar-refractivity contribution < 1.29 is 23.1 Å². The Balaban J connectivity index is 3.13. The molecule has 8 heteroatoms. The average molecular weight is 288 g/mol. The van der Waals surface area contributed by atoms with E-state index >= 15 is 0 Å². The molecule has 0 saturated heterocycles. The molecule has 1 aromatic carbocycles. The molecule has 1 aromatic rings. The van der Waals surface area contributed by atoms with Crippen LogP contribution >= 0.6 is 23.2 Å². The van der Waals surface area contributed by atoms with E-state index in [2.05, 4.69) is 0 Å². The Bertz CT molecular complexity index is 474. The molecule has 0 aliphatic carbocycles. The van der Waals surface area contributed by atoms with Gasteiger partial charge in [0.2, 0.25) is 0 Å². The van der Waals surface area contributed by atoms with Crippen molar-refractivity contribution in [3.05, 3.63) is 21.7 Å². The van der Waals surface area contributed by atoms with Gasteiger partial charge in [0.25, 0.3) is 0 Å². The average Bonchev–Trinajstić information content (AvgIpc) is 2.21. The highest BCUT2D eigenvalue weighted by molar-refractivity contribution is 6.37. The van der Waals surface area contributed by atoms with Gasteiger partial charge >= 0.3 is 12.1 Å². The minimum Gasteiger partial charge on any atom is -0.504 e. The number of benzene rings is 1. The summed E-state index contributed by atoms with van der Waals surface area (Å²) in [6.45, 7) is 1.47. The Morgan fingerprint density at radius 3 is 2.41 bits per heavy atom. The van der Waals surface area contributed by atoms with Gasteiger partial charge in [-0.2, -0.15) is 13.2 Å².